The van der Waals surface area contributed by atoms with Gasteiger partial charge in [-0.1, -0.05) is 164 Å². The Kier molecular flexibility index (Phi) is 9.05. The first-order chi connectivity index (χ1) is 30.1. The first-order valence-corrected chi connectivity index (χ1v) is 21.2. The standard InChI is InChI=1S/C59H44N2/c1-59(61(50-26-10-4-11-27-50)51-28-12-5-13-29-51)37-36-54-56(41-59)58(47-33-31-43-19-15-17-21-45(43)39-47)53-35-34-52(60(48-22-6-2-7-23-48)49-24-8-3-9-25-49)40-55(53)57(54)46-32-30-42-18-14-16-20-44(42)38-46/h2-40H,41H2,1H3/t59-/m0/s1. The SMILES string of the molecule is C[C@]1(N(c2ccccc2)c2ccccc2)C=Cc2c(c(-c3ccc4ccccc4c3)c3ccc(N(c4ccccc4)c4ccccc4)cc3c2-c2ccc3ccccc3c2)C1. The molecule has 2 heteroatoms. The van der Waals surface area contributed by atoms with E-state index in [0.29, 0.717) is 0 Å². The van der Waals surface area contributed by atoms with Gasteiger partial charge in [0.05, 0.1) is 5.54 Å². The lowest BCUT2D eigenvalue weighted by atomic mass is 9.74. The second-order valence-corrected chi connectivity index (χ2v) is 16.4. The van der Waals surface area contributed by atoms with Crippen molar-refractivity contribution in [1.29, 1.82) is 0 Å². The average Bonchev–Trinajstić information content (AvgIpc) is 3.32. The quantitative estimate of drug-likeness (QED) is 0.152. The van der Waals surface area contributed by atoms with Gasteiger partial charge >= 0.3 is 0 Å². The Morgan fingerprint density at radius 2 is 0.836 bits per heavy atom. The lowest BCUT2D eigenvalue weighted by Gasteiger charge is -2.44. The van der Waals surface area contributed by atoms with Crippen LogP contribution >= 0.6 is 0 Å². The Balaban J connectivity index is 1.23. The molecular formula is C59H44N2. The molecule has 0 heterocycles. The number of para-hydroxylation sites is 4. The van der Waals surface area contributed by atoms with Crippen molar-refractivity contribution in [2.75, 3.05) is 9.80 Å². The van der Waals surface area contributed by atoms with Gasteiger partial charge in [0.15, 0.2) is 0 Å². The van der Waals surface area contributed by atoms with Crippen LogP contribution in [0.1, 0.15) is 18.1 Å². The summed E-state index contributed by atoms with van der Waals surface area (Å²) in [6.45, 7) is 2.40. The first-order valence-electron chi connectivity index (χ1n) is 21.2. The predicted octanol–water partition coefficient (Wildman–Crippen LogP) is 16.1. The molecule has 1 aliphatic carbocycles. The summed E-state index contributed by atoms with van der Waals surface area (Å²) in [5.74, 6) is 0. The Morgan fingerprint density at radius 1 is 0.377 bits per heavy atom. The van der Waals surface area contributed by atoms with Gasteiger partial charge in [-0.05, 0) is 145 Å². The lowest BCUT2D eigenvalue weighted by molar-refractivity contribution is 0.561. The third-order valence-electron chi connectivity index (χ3n) is 12.5. The van der Waals surface area contributed by atoms with E-state index in [1.54, 1.807) is 0 Å². The van der Waals surface area contributed by atoms with E-state index < -0.39 is 5.54 Å². The molecule has 0 spiro atoms. The van der Waals surface area contributed by atoms with Gasteiger partial charge in [0.1, 0.15) is 0 Å². The molecule has 0 aromatic heterocycles. The van der Waals surface area contributed by atoms with Crippen molar-refractivity contribution in [3.8, 4) is 22.3 Å². The number of anilines is 5. The molecule has 0 saturated heterocycles. The highest BCUT2D eigenvalue weighted by molar-refractivity contribution is 6.13. The van der Waals surface area contributed by atoms with Gasteiger partial charge in [-0.2, -0.15) is 0 Å². The second kappa shape index (κ2) is 15.2. The van der Waals surface area contributed by atoms with Gasteiger partial charge in [0.25, 0.3) is 0 Å². The zero-order chi connectivity index (χ0) is 40.8. The van der Waals surface area contributed by atoms with Crippen LogP contribution in [-0.2, 0) is 6.42 Å². The predicted molar refractivity (Wildman–Crippen MR) is 261 cm³/mol. The Morgan fingerprint density at radius 3 is 1.36 bits per heavy atom. The van der Waals surface area contributed by atoms with Crippen molar-refractivity contribution < 1.29 is 0 Å². The molecule has 0 unspecified atom stereocenters. The van der Waals surface area contributed by atoms with Gasteiger partial charge < -0.3 is 9.80 Å². The third-order valence-corrected chi connectivity index (χ3v) is 12.5. The largest absolute Gasteiger partial charge is 0.332 e. The Labute approximate surface area is 357 Å². The fraction of sp³-hybridized carbons (Fsp3) is 0.0508. The van der Waals surface area contributed by atoms with E-state index in [1.807, 2.05) is 0 Å². The number of rotatable bonds is 8. The summed E-state index contributed by atoms with van der Waals surface area (Å²) in [5.41, 5.74) is 12.9. The monoisotopic (exact) mass is 780 g/mol. The molecule has 0 amide bonds. The van der Waals surface area contributed by atoms with Crippen LogP contribution in [0.5, 0.6) is 0 Å². The highest BCUT2D eigenvalue weighted by Crippen LogP contribution is 2.50. The van der Waals surface area contributed by atoms with Crippen molar-refractivity contribution in [2.45, 2.75) is 18.9 Å². The summed E-state index contributed by atoms with van der Waals surface area (Å²) in [4.78, 5) is 4.90. The lowest BCUT2D eigenvalue weighted by Crippen LogP contribution is -2.45. The highest BCUT2D eigenvalue weighted by Gasteiger charge is 2.37. The maximum Gasteiger partial charge on any atom is 0.0649 e. The average molecular weight is 781 g/mol. The zero-order valence-electron chi connectivity index (χ0n) is 34.1. The van der Waals surface area contributed by atoms with Crippen LogP contribution < -0.4 is 9.80 Å². The second-order valence-electron chi connectivity index (χ2n) is 16.4. The van der Waals surface area contributed by atoms with E-state index in [-0.39, 0.29) is 0 Å². The normalized spacial score (nSPS) is 14.6. The minimum absolute atomic E-state index is 0.396. The minimum Gasteiger partial charge on any atom is -0.332 e. The Hall–Kier alpha value is -7.68. The summed E-state index contributed by atoms with van der Waals surface area (Å²) in [6, 6.07) is 81.8. The summed E-state index contributed by atoms with van der Waals surface area (Å²) < 4.78 is 0. The van der Waals surface area contributed by atoms with E-state index >= 15 is 0 Å². The van der Waals surface area contributed by atoms with Crippen LogP contribution in [-0.4, -0.2) is 5.54 Å². The molecule has 0 fully saturated rings. The Bertz CT molecular complexity index is 3150. The first kappa shape index (κ1) is 36.4. The maximum atomic E-state index is 2.53. The van der Waals surface area contributed by atoms with Crippen molar-refractivity contribution in [3.63, 3.8) is 0 Å². The molecule has 1 aliphatic rings. The zero-order valence-corrected chi connectivity index (χ0v) is 34.1. The number of fused-ring (bicyclic) bond motifs is 4. The van der Waals surface area contributed by atoms with Crippen molar-refractivity contribution in [3.05, 3.63) is 242 Å². The van der Waals surface area contributed by atoms with Gasteiger partial charge in [0, 0.05) is 34.9 Å². The number of benzene rings is 10. The third kappa shape index (κ3) is 6.54. The molecule has 2 nitrogen and oxygen atoms in total. The molecule has 0 bridgehead atoms. The highest BCUT2D eigenvalue weighted by atomic mass is 15.2. The molecule has 0 radical (unpaired) electrons. The molecule has 61 heavy (non-hydrogen) atoms. The van der Waals surface area contributed by atoms with Crippen LogP contribution in [0.25, 0.3) is 60.6 Å². The van der Waals surface area contributed by atoms with Gasteiger partial charge in [-0.25, -0.2) is 0 Å². The van der Waals surface area contributed by atoms with Crippen LogP contribution in [0.4, 0.5) is 28.4 Å². The van der Waals surface area contributed by atoms with Gasteiger partial charge in [-0.15, -0.1) is 0 Å². The van der Waals surface area contributed by atoms with Crippen LogP contribution in [0, 0.1) is 0 Å². The molecule has 1 atom stereocenters. The molecule has 11 rings (SSSR count). The van der Waals surface area contributed by atoms with Gasteiger partial charge in [-0.3, -0.25) is 0 Å². The molecule has 0 aliphatic heterocycles. The van der Waals surface area contributed by atoms with E-state index in [9.17, 15) is 0 Å². The summed E-state index contributed by atoms with van der Waals surface area (Å²) in [7, 11) is 0. The molecule has 10 aromatic rings. The molecular weight excluding hydrogens is 737 g/mol. The van der Waals surface area contributed by atoms with Crippen molar-refractivity contribution in [2.24, 2.45) is 0 Å². The van der Waals surface area contributed by atoms with E-state index in [4.69, 9.17) is 0 Å². The van der Waals surface area contributed by atoms with Crippen molar-refractivity contribution in [1.82, 2.24) is 0 Å². The summed E-state index contributed by atoms with van der Waals surface area (Å²) in [6.07, 6.45) is 5.69. The number of nitrogens with zero attached hydrogens (tertiary/aromatic N) is 2. The topological polar surface area (TPSA) is 6.48 Å². The smallest absolute Gasteiger partial charge is 0.0649 e. The van der Waals surface area contributed by atoms with Crippen LogP contribution in [0.15, 0.2) is 231 Å². The summed E-state index contributed by atoms with van der Waals surface area (Å²) in [5, 5.41) is 7.41. The minimum atomic E-state index is -0.396. The van der Waals surface area contributed by atoms with Crippen LogP contribution in [0.2, 0.25) is 0 Å². The fourth-order valence-electron chi connectivity index (χ4n) is 9.71. The maximum absolute atomic E-state index is 2.53. The summed E-state index contributed by atoms with van der Waals surface area (Å²) >= 11 is 0. The molecule has 0 N–H and O–H groups in total. The molecule has 10 aromatic carbocycles. The van der Waals surface area contributed by atoms with E-state index in [1.165, 1.54) is 77.1 Å². The molecule has 290 valence electrons. The fourth-order valence-corrected chi connectivity index (χ4v) is 9.71. The van der Waals surface area contributed by atoms with Gasteiger partial charge in [0.2, 0.25) is 0 Å². The number of hydrogen-bond acceptors (Lipinski definition) is 2. The number of hydrogen-bond donors (Lipinski definition) is 0. The van der Waals surface area contributed by atoms with Crippen molar-refractivity contribution >= 4 is 66.8 Å². The molecule has 0 saturated carbocycles. The van der Waals surface area contributed by atoms with E-state index in [0.717, 1.165) is 23.5 Å². The van der Waals surface area contributed by atoms with Crippen LogP contribution in [0.3, 0.4) is 0 Å². The van der Waals surface area contributed by atoms with E-state index in [2.05, 4.69) is 253 Å².